The van der Waals surface area contributed by atoms with Gasteiger partial charge in [-0.2, -0.15) is 5.26 Å². The Morgan fingerprint density at radius 3 is 2.53 bits per heavy atom. The van der Waals surface area contributed by atoms with Crippen LogP contribution in [0.1, 0.15) is 25.8 Å². The quantitative estimate of drug-likeness (QED) is 0.838. The fourth-order valence-corrected chi connectivity index (χ4v) is 2.47. The maximum atomic E-state index is 13.6. The van der Waals surface area contributed by atoms with E-state index in [0.29, 0.717) is 6.04 Å². The third-order valence-corrected chi connectivity index (χ3v) is 3.97. The zero-order chi connectivity index (χ0) is 13.8. The van der Waals surface area contributed by atoms with Crippen LogP contribution in [0.5, 0.6) is 0 Å². The Balaban J connectivity index is 2.02. The molecule has 0 bridgehead atoms. The van der Waals surface area contributed by atoms with E-state index in [2.05, 4.69) is 23.6 Å². The fourth-order valence-electron chi connectivity index (χ4n) is 2.47. The second-order valence-corrected chi connectivity index (χ2v) is 5.06. The van der Waals surface area contributed by atoms with Crippen LogP contribution in [0.15, 0.2) is 18.2 Å². The summed E-state index contributed by atoms with van der Waals surface area (Å²) >= 11 is 0. The highest BCUT2D eigenvalue weighted by Crippen LogP contribution is 2.20. The summed E-state index contributed by atoms with van der Waals surface area (Å²) in [7, 11) is 0. The van der Waals surface area contributed by atoms with Gasteiger partial charge >= 0.3 is 0 Å². The summed E-state index contributed by atoms with van der Waals surface area (Å²) in [6, 6.07) is 7.33. The molecule has 0 saturated carbocycles. The second kappa shape index (κ2) is 6.03. The summed E-state index contributed by atoms with van der Waals surface area (Å²) < 4.78 is 13.6. The molecule has 0 aliphatic carbocycles. The maximum Gasteiger partial charge on any atom is 0.143 e. The van der Waals surface area contributed by atoms with Crippen molar-refractivity contribution in [2.24, 2.45) is 0 Å². The van der Waals surface area contributed by atoms with Gasteiger partial charge in [-0.1, -0.05) is 6.92 Å². The molecule has 1 unspecified atom stereocenters. The molecule has 1 aliphatic rings. The highest BCUT2D eigenvalue weighted by Gasteiger charge is 2.20. The van der Waals surface area contributed by atoms with Crippen molar-refractivity contribution in [3.63, 3.8) is 0 Å². The van der Waals surface area contributed by atoms with Gasteiger partial charge in [-0.05, 0) is 31.5 Å². The Hall–Kier alpha value is -1.60. The van der Waals surface area contributed by atoms with Crippen molar-refractivity contribution < 1.29 is 4.39 Å². The third-order valence-electron chi connectivity index (χ3n) is 3.97. The first-order valence-corrected chi connectivity index (χ1v) is 6.84. The largest absolute Gasteiger partial charge is 0.369 e. The van der Waals surface area contributed by atoms with Gasteiger partial charge in [0.15, 0.2) is 0 Å². The molecule has 0 spiro atoms. The molecule has 2 rings (SSSR count). The van der Waals surface area contributed by atoms with Crippen molar-refractivity contribution in [1.29, 1.82) is 5.26 Å². The number of piperazine rings is 1. The van der Waals surface area contributed by atoms with Crippen LogP contribution >= 0.6 is 0 Å². The summed E-state index contributed by atoms with van der Waals surface area (Å²) in [5.74, 6) is -0.427. The Morgan fingerprint density at radius 1 is 1.32 bits per heavy atom. The molecule has 0 radical (unpaired) electrons. The van der Waals surface area contributed by atoms with Gasteiger partial charge in [-0.25, -0.2) is 4.39 Å². The minimum atomic E-state index is -0.427. The maximum absolute atomic E-state index is 13.6. The number of nitriles is 1. The summed E-state index contributed by atoms with van der Waals surface area (Å²) in [5, 5.41) is 8.73. The van der Waals surface area contributed by atoms with Gasteiger partial charge in [0.25, 0.3) is 0 Å². The van der Waals surface area contributed by atoms with E-state index in [-0.39, 0.29) is 5.56 Å². The predicted molar refractivity (Wildman–Crippen MR) is 74.7 cm³/mol. The molecule has 3 nitrogen and oxygen atoms in total. The number of nitrogens with zero attached hydrogens (tertiary/aromatic N) is 3. The Bertz CT molecular complexity index is 473. The Morgan fingerprint density at radius 2 is 2.00 bits per heavy atom. The number of anilines is 1. The molecule has 1 aromatic rings. The van der Waals surface area contributed by atoms with Gasteiger partial charge in [0.1, 0.15) is 11.9 Å². The van der Waals surface area contributed by atoms with Crippen LogP contribution in [0.2, 0.25) is 0 Å². The van der Waals surface area contributed by atoms with Crippen molar-refractivity contribution in [1.82, 2.24) is 4.90 Å². The first-order chi connectivity index (χ1) is 9.15. The monoisotopic (exact) mass is 261 g/mol. The highest BCUT2D eigenvalue weighted by molar-refractivity contribution is 5.50. The highest BCUT2D eigenvalue weighted by atomic mass is 19.1. The second-order valence-electron chi connectivity index (χ2n) is 5.06. The van der Waals surface area contributed by atoms with E-state index in [4.69, 9.17) is 5.26 Å². The van der Waals surface area contributed by atoms with Crippen LogP contribution in [-0.4, -0.2) is 37.1 Å². The van der Waals surface area contributed by atoms with Gasteiger partial charge in [-0.3, -0.25) is 4.90 Å². The molecule has 1 aliphatic heterocycles. The van der Waals surface area contributed by atoms with Gasteiger partial charge in [0, 0.05) is 37.9 Å². The molecule has 1 saturated heterocycles. The van der Waals surface area contributed by atoms with E-state index in [1.165, 1.54) is 6.07 Å². The van der Waals surface area contributed by atoms with Crippen LogP contribution in [0.4, 0.5) is 10.1 Å². The van der Waals surface area contributed by atoms with Gasteiger partial charge < -0.3 is 4.90 Å². The van der Waals surface area contributed by atoms with Crippen LogP contribution in [-0.2, 0) is 0 Å². The van der Waals surface area contributed by atoms with Crippen molar-refractivity contribution in [3.05, 3.63) is 29.6 Å². The number of hydrogen-bond acceptors (Lipinski definition) is 3. The lowest BCUT2D eigenvalue weighted by molar-refractivity contribution is 0.193. The lowest BCUT2D eigenvalue weighted by Gasteiger charge is -2.39. The van der Waals surface area contributed by atoms with Crippen molar-refractivity contribution >= 4 is 5.69 Å². The first kappa shape index (κ1) is 13.8. The lowest BCUT2D eigenvalue weighted by atomic mass is 10.1. The zero-order valence-electron chi connectivity index (χ0n) is 11.6. The van der Waals surface area contributed by atoms with Crippen molar-refractivity contribution in [3.8, 4) is 6.07 Å². The molecule has 1 aromatic carbocycles. The minimum Gasteiger partial charge on any atom is -0.369 e. The van der Waals surface area contributed by atoms with E-state index in [1.807, 2.05) is 12.1 Å². The molecule has 1 heterocycles. The van der Waals surface area contributed by atoms with Gasteiger partial charge in [0.2, 0.25) is 0 Å². The number of halogens is 1. The van der Waals surface area contributed by atoms with Crippen LogP contribution < -0.4 is 4.90 Å². The van der Waals surface area contributed by atoms with E-state index >= 15 is 0 Å². The summed E-state index contributed by atoms with van der Waals surface area (Å²) in [6.07, 6.45) is 1.16. The molecule has 0 amide bonds. The Kier molecular flexibility index (Phi) is 4.39. The molecule has 4 heteroatoms. The van der Waals surface area contributed by atoms with Crippen LogP contribution in [0.25, 0.3) is 0 Å². The number of rotatable bonds is 3. The molecule has 19 heavy (non-hydrogen) atoms. The summed E-state index contributed by atoms with van der Waals surface area (Å²) in [5.41, 5.74) is 0.988. The van der Waals surface area contributed by atoms with E-state index in [9.17, 15) is 4.39 Å². The van der Waals surface area contributed by atoms with Crippen LogP contribution in [0, 0.1) is 17.1 Å². The number of hydrogen-bond donors (Lipinski definition) is 0. The molecule has 1 fully saturated rings. The third kappa shape index (κ3) is 3.05. The van der Waals surface area contributed by atoms with Gasteiger partial charge in [-0.15, -0.1) is 0 Å². The molecular weight excluding hydrogens is 241 g/mol. The molecule has 0 aromatic heterocycles. The van der Waals surface area contributed by atoms with E-state index in [1.54, 1.807) is 6.07 Å². The molecule has 0 N–H and O–H groups in total. The summed E-state index contributed by atoms with van der Waals surface area (Å²) in [4.78, 5) is 4.65. The topological polar surface area (TPSA) is 30.3 Å². The Labute approximate surface area is 114 Å². The standard InChI is InChI=1S/C15H20FN3/c1-3-12(2)18-6-8-19(9-7-18)14-5-4-13(11-17)15(16)10-14/h4-5,10,12H,3,6-9H2,1-2H3. The van der Waals surface area contributed by atoms with Crippen molar-refractivity contribution in [2.45, 2.75) is 26.3 Å². The fraction of sp³-hybridized carbons (Fsp3) is 0.533. The van der Waals surface area contributed by atoms with E-state index in [0.717, 1.165) is 38.3 Å². The SMILES string of the molecule is CCC(C)N1CCN(c2ccc(C#N)c(F)c2)CC1. The van der Waals surface area contributed by atoms with Crippen LogP contribution in [0.3, 0.4) is 0 Å². The van der Waals surface area contributed by atoms with Gasteiger partial charge in [0.05, 0.1) is 5.56 Å². The number of benzene rings is 1. The summed E-state index contributed by atoms with van der Waals surface area (Å²) in [6.45, 7) is 8.29. The first-order valence-electron chi connectivity index (χ1n) is 6.84. The normalized spacial score (nSPS) is 18.1. The van der Waals surface area contributed by atoms with E-state index < -0.39 is 5.82 Å². The lowest BCUT2D eigenvalue weighted by Crippen LogP contribution is -2.49. The zero-order valence-corrected chi connectivity index (χ0v) is 11.6. The molecule has 102 valence electrons. The minimum absolute atomic E-state index is 0.113. The molecular formula is C15H20FN3. The molecule has 1 atom stereocenters. The smallest absolute Gasteiger partial charge is 0.143 e. The average Bonchev–Trinajstić information content (AvgIpc) is 2.46. The predicted octanol–water partition coefficient (Wildman–Crippen LogP) is 2.62. The average molecular weight is 261 g/mol. The van der Waals surface area contributed by atoms with Crippen molar-refractivity contribution in [2.75, 3.05) is 31.1 Å².